The fraction of sp³-hybridized carbons (Fsp3) is 0.417. The first kappa shape index (κ1) is 21.7. The van der Waals surface area contributed by atoms with Crippen molar-refractivity contribution < 1.29 is 19.1 Å². The predicted octanol–water partition coefficient (Wildman–Crippen LogP) is 3.12. The van der Waals surface area contributed by atoms with Crippen molar-refractivity contribution in [3.8, 4) is 11.5 Å². The smallest absolute Gasteiger partial charge is 0.222 e. The maximum absolute atomic E-state index is 12.5. The van der Waals surface area contributed by atoms with Crippen LogP contribution >= 0.6 is 0 Å². The zero-order chi connectivity index (χ0) is 21.3. The van der Waals surface area contributed by atoms with Crippen LogP contribution in [0.4, 0.5) is 0 Å². The van der Waals surface area contributed by atoms with E-state index in [2.05, 4.69) is 17.4 Å². The molecule has 1 aliphatic rings. The normalized spacial score (nSPS) is 12.8. The van der Waals surface area contributed by atoms with Gasteiger partial charge in [-0.2, -0.15) is 0 Å². The number of nitrogens with one attached hydrogen (secondary N) is 1. The van der Waals surface area contributed by atoms with Crippen LogP contribution in [-0.2, 0) is 29.0 Å². The zero-order valence-electron chi connectivity index (χ0n) is 17.8. The first-order valence-corrected chi connectivity index (χ1v) is 10.4. The second-order valence-electron chi connectivity index (χ2n) is 7.47. The summed E-state index contributed by atoms with van der Waals surface area (Å²) in [5.74, 6) is 1.61. The Balaban J connectivity index is 1.37. The summed E-state index contributed by atoms with van der Waals surface area (Å²) in [6.07, 6.45) is 2.93. The maximum Gasteiger partial charge on any atom is 0.222 e. The van der Waals surface area contributed by atoms with E-state index < -0.39 is 0 Å². The zero-order valence-corrected chi connectivity index (χ0v) is 17.8. The Labute approximate surface area is 178 Å². The molecular weight excluding hydrogens is 380 g/mol. The molecule has 0 aromatic heterocycles. The second-order valence-corrected chi connectivity index (χ2v) is 7.47. The van der Waals surface area contributed by atoms with E-state index in [0.29, 0.717) is 38.8 Å². The number of methoxy groups -OCH3 is 2. The van der Waals surface area contributed by atoms with Crippen LogP contribution in [0.5, 0.6) is 11.5 Å². The van der Waals surface area contributed by atoms with Crippen LogP contribution in [0, 0.1) is 0 Å². The van der Waals surface area contributed by atoms with Gasteiger partial charge in [-0.15, -0.1) is 0 Å². The summed E-state index contributed by atoms with van der Waals surface area (Å²) >= 11 is 0. The highest BCUT2D eigenvalue weighted by atomic mass is 16.5. The molecule has 0 unspecified atom stereocenters. The summed E-state index contributed by atoms with van der Waals surface area (Å²) in [5, 5.41) is 2.91. The topological polar surface area (TPSA) is 67.9 Å². The third kappa shape index (κ3) is 5.75. The van der Waals surface area contributed by atoms with Crippen molar-refractivity contribution in [3.05, 3.63) is 59.2 Å². The van der Waals surface area contributed by atoms with Crippen LogP contribution < -0.4 is 14.8 Å². The summed E-state index contributed by atoms with van der Waals surface area (Å²) < 4.78 is 10.6. The summed E-state index contributed by atoms with van der Waals surface area (Å²) in [6, 6.07) is 13.9. The van der Waals surface area contributed by atoms with Crippen molar-refractivity contribution in [1.29, 1.82) is 0 Å². The minimum atomic E-state index is -0.0285. The number of benzene rings is 2. The molecule has 0 atom stereocenters. The number of amides is 2. The highest BCUT2D eigenvalue weighted by Gasteiger charge is 2.19. The SMILES string of the molecule is COc1ccc(OC)c(CCC(=O)NCCCC(=O)N2CCc3ccccc3C2)c1. The molecule has 0 radical (unpaired) electrons. The third-order valence-corrected chi connectivity index (χ3v) is 5.48. The van der Waals surface area contributed by atoms with Crippen molar-refractivity contribution in [1.82, 2.24) is 10.2 Å². The molecule has 1 heterocycles. The molecule has 160 valence electrons. The van der Waals surface area contributed by atoms with Crippen LogP contribution in [0.3, 0.4) is 0 Å². The number of rotatable bonds is 9. The van der Waals surface area contributed by atoms with E-state index in [4.69, 9.17) is 9.47 Å². The lowest BCUT2D eigenvalue weighted by Crippen LogP contribution is -2.36. The first-order valence-electron chi connectivity index (χ1n) is 10.4. The Morgan fingerprint density at radius 2 is 1.83 bits per heavy atom. The fourth-order valence-corrected chi connectivity index (χ4v) is 3.75. The van der Waals surface area contributed by atoms with E-state index in [1.807, 2.05) is 35.2 Å². The first-order chi connectivity index (χ1) is 14.6. The number of aryl methyl sites for hydroxylation is 1. The van der Waals surface area contributed by atoms with Crippen molar-refractivity contribution >= 4 is 11.8 Å². The van der Waals surface area contributed by atoms with Gasteiger partial charge in [0.2, 0.25) is 11.8 Å². The van der Waals surface area contributed by atoms with Gasteiger partial charge in [-0.1, -0.05) is 24.3 Å². The van der Waals surface area contributed by atoms with E-state index in [0.717, 1.165) is 30.0 Å². The Morgan fingerprint density at radius 3 is 2.60 bits per heavy atom. The molecule has 30 heavy (non-hydrogen) atoms. The van der Waals surface area contributed by atoms with Gasteiger partial charge >= 0.3 is 0 Å². The quantitative estimate of drug-likeness (QED) is 0.645. The Morgan fingerprint density at radius 1 is 1.03 bits per heavy atom. The molecule has 0 bridgehead atoms. The number of nitrogens with zero attached hydrogens (tertiary/aromatic N) is 1. The largest absolute Gasteiger partial charge is 0.497 e. The fourth-order valence-electron chi connectivity index (χ4n) is 3.75. The van der Waals surface area contributed by atoms with E-state index in [1.165, 1.54) is 11.1 Å². The van der Waals surface area contributed by atoms with E-state index >= 15 is 0 Å². The molecule has 0 fully saturated rings. The molecule has 6 nitrogen and oxygen atoms in total. The van der Waals surface area contributed by atoms with Gasteiger partial charge in [0.25, 0.3) is 0 Å². The van der Waals surface area contributed by atoms with Crippen molar-refractivity contribution in [3.63, 3.8) is 0 Å². The van der Waals surface area contributed by atoms with Gasteiger partial charge < -0.3 is 19.7 Å². The maximum atomic E-state index is 12.5. The van der Waals surface area contributed by atoms with E-state index in [9.17, 15) is 9.59 Å². The van der Waals surface area contributed by atoms with Gasteiger partial charge in [0, 0.05) is 32.5 Å². The van der Waals surface area contributed by atoms with Crippen molar-refractivity contribution in [2.24, 2.45) is 0 Å². The standard InChI is InChI=1S/C24H30N2O4/c1-29-21-10-11-22(30-2)19(16-21)9-12-23(27)25-14-5-8-24(28)26-15-13-18-6-3-4-7-20(18)17-26/h3-4,6-7,10-11,16H,5,8-9,12-15,17H2,1-2H3,(H,25,27). The highest BCUT2D eigenvalue weighted by Crippen LogP contribution is 2.25. The minimum absolute atomic E-state index is 0.0285. The number of carbonyl (C=O) groups is 2. The molecular formula is C24H30N2O4. The molecule has 1 aliphatic heterocycles. The number of fused-ring (bicyclic) bond motifs is 1. The van der Waals surface area contributed by atoms with Crippen LogP contribution in [0.25, 0.3) is 0 Å². The monoisotopic (exact) mass is 410 g/mol. The summed E-state index contributed by atoms with van der Waals surface area (Å²) in [7, 11) is 3.23. The lowest BCUT2D eigenvalue weighted by Gasteiger charge is -2.29. The molecule has 2 amide bonds. The highest BCUT2D eigenvalue weighted by molar-refractivity contribution is 5.77. The number of hydrogen-bond acceptors (Lipinski definition) is 4. The number of hydrogen-bond donors (Lipinski definition) is 1. The molecule has 0 aliphatic carbocycles. The molecule has 3 rings (SSSR count). The Hall–Kier alpha value is -3.02. The molecule has 2 aromatic carbocycles. The second kappa shape index (κ2) is 10.7. The van der Waals surface area contributed by atoms with Crippen LogP contribution in [0.2, 0.25) is 0 Å². The van der Waals surface area contributed by atoms with Gasteiger partial charge in [0.05, 0.1) is 14.2 Å². The van der Waals surface area contributed by atoms with Gasteiger partial charge in [-0.05, 0) is 54.2 Å². The summed E-state index contributed by atoms with van der Waals surface area (Å²) in [5.41, 5.74) is 3.51. The average Bonchev–Trinajstić information content (AvgIpc) is 2.79. The van der Waals surface area contributed by atoms with E-state index in [-0.39, 0.29) is 11.8 Å². The Kier molecular flexibility index (Phi) is 7.71. The van der Waals surface area contributed by atoms with Gasteiger partial charge in [-0.3, -0.25) is 9.59 Å². The number of carbonyl (C=O) groups excluding carboxylic acids is 2. The van der Waals surface area contributed by atoms with Crippen molar-refractivity contribution in [2.45, 2.75) is 38.6 Å². The molecule has 1 N–H and O–H groups in total. The predicted molar refractivity (Wildman–Crippen MR) is 116 cm³/mol. The molecule has 6 heteroatoms. The number of ether oxygens (including phenoxy) is 2. The third-order valence-electron chi connectivity index (χ3n) is 5.48. The molecule has 2 aromatic rings. The molecule has 0 spiro atoms. The average molecular weight is 411 g/mol. The lowest BCUT2D eigenvalue weighted by molar-refractivity contribution is -0.132. The van der Waals surface area contributed by atoms with E-state index in [1.54, 1.807) is 14.2 Å². The molecule has 0 saturated heterocycles. The molecule has 0 saturated carbocycles. The summed E-state index contributed by atoms with van der Waals surface area (Å²) in [4.78, 5) is 26.6. The summed E-state index contributed by atoms with van der Waals surface area (Å²) in [6.45, 7) is 1.96. The van der Waals surface area contributed by atoms with Gasteiger partial charge in [0.1, 0.15) is 11.5 Å². The van der Waals surface area contributed by atoms with Gasteiger partial charge in [0.15, 0.2) is 0 Å². The van der Waals surface area contributed by atoms with Crippen LogP contribution in [-0.4, -0.2) is 44.0 Å². The van der Waals surface area contributed by atoms with Crippen LogP contribution in [0.15, 0.2) is 42.5 Å². The minimum Gasteiger partial charge on any atom is -0.497 e. The van der Waals surface area contributed by atoms with Gasteiger partial charge in [-0.25, -0.2) is 0 Å². The van der Waals surface area contributed by atoms with Crippen LogP contribution in [0.1, 0.15) is 36.0 Å². The van der Waals surface area contributed by atoms with Crippen molar-refractivity contribution in [2.75, 3.05) is 27.3 Å². The lowest BCUT2D eigenvalue weighted by atomic mass is 9.99. The Bertz CT molecular complexity index is 881.